The van der Waals surface area contributed by atoms with Gasteiger partial charge in [-0.3, -0.25) is 14.5 Å². The molecule has 2 heterocycles. The first-order chi connectivity index (χ1) is 12.5. The van der Waals surface area contributed by atoms with Gasteiger partial charge in [0.15, 0.2) is 5.13 Å². The maximum atomic E-state index is 12.8. The van der Waals surface area contributed by atoms with Crippen molar-refractivity contribution in [3.05, 3.63) is 52.5 Å². The highest BCUT2D eigenvalue weighted by molar-refractivity contribution is 7.22. The first-order valence-electron chi connectivity index (χ1n) is 7.96. The second kappa shape index (κ2) is 6.87. The number of anilines is 2. The summed E-state index contributed by atoms with van der Waals surface area (Å²) in [5.41, 5.74) is 1.39. The van der Waals surface area contributed by atoms with Gasteiger partial charge in [0.25, 0.3) is 0 Å². The van der Waals surface area contributed by atoms with Crippen molar-refractivity contribution < 1.29 is 9.59 Å². The van der Waals surface area contributed by atoms with Gasteiger partial charge in [-0.1, -0.05) is 34.5 Å². The molecule has 0 radical (unpaired) electrons. The molecule has 4 rings (SSSR count). The molecular formula is C18H13Cl2N3O2S. The fourth-order valence-electron chi connectivity index (χ4n) is 3.00. The number of carbonyl (C=O) groups is 2. The van der Waals surface area contributed by atoms with Crippen molar-refractivity contribution in [3.8, 4) is 0 Å². The number of nitrogens with zero attached hydrogens (tertiary/aromatic N) is 2. The Labute approximate surface area is 163 Å². The zero-order chi connectivity index (χ0) is 18.3. The van der Waals surface area contributed by atoms with E-state index in [4.69, 9.17) is 23.2 Å². The molecule has 0 saturated carbocycles. The number of benzene rings is 2. The van der Waals surface area contributed by atoms with Crippen molar-refractivity contribution in [3.63, 3.8) is 0 Å². The molecule has 1 fully saturated rings. The van der Waals surface area contributed by atoms with E-state index in [0.29, 0.717) is 33.7 Å². The second-order valence-corrected chi connectivity index (χ2v) is 7.82. The molecule has 1 unspecified atom stereocenters. The Hall–Kier alpha value is -2.15. The van der Waals surface area contributed by atoms with Crippen LogP contribution in [0.15, 0.2) is 42.5 Å². The molecule has 2 amide bonds. The summed E-state index contributed by atoms with van der Waals surface area (Å²) in [6, 6.07) is 11.7. The molecule has 26 heavy (non-hydrogen) atoms. The molecule has 1 saturated heterocycles. The molecule has 1 aliphatic heterocycles. The summed E-state index contributed by atoms with van der Waals surface area (Å²) in [4.78, 5) is 31.0. The first-order valence-corrected chi connectivity index (χ1v) is 9.53. The predicted molar refractivity (Wildman–Crippen MR) is 105 cm³/mol. The van der Waals surface area contributed by atoms with Gasteiger partial charge in [-0.25, -0.2) is 4.98 Å². The van der Waals surface area contributed by atoms with Crippen LogP contribution in [0.3, 0.4) is 0 Å². The third-order valence-electron chi connectivity index (χ3n) is 4.20. The summed E-state index contributed by atoms with van der Waals surface area (Å²) in [5.74, 6) is -0.334. The molecule has 1 aliphatic rings. The van der Waals surface area contributed by atoms with E-state index in [9.17, 15) is 9.59 Å². The van der Waals surface area contributed by atoms with E-state index in [2.05, 4.69) is 10.3 Å². The molecule has 0 aliphatic carbocycles. The largest absolute Gasteiger partial charge is 0.300 e. The molecule has 0 bridgehead atoms. The van der Waals surface area contributed by atoms with Crippen molar-refractivity contribution in [1.82, 2.24) is 4.98 Å². The van der Waals surface area contributed by atoms with E-state index in [-0.39, 0.29) is 11.8 Å². The van der Waals surface area contributed by atoms with Gasteiger partial charge in [-0.15, -0.1) is 0 Å². The van der Waals surface area contributed by atoms with Crippen LogP contribution in [-0.4, -0.2) is 22.8 Å². The second-order valence-electron chi connectivity index (χ2n) is 5.91. The first kappa shape index (κ1) is 17.3. The van der Waals surface area contributed by atoms with Crippen molar-refractivity contribution in [1.29, 1.82) is 0 Å². The highest BCUT2D eigenvalue weighted by atomic mass is 35.5. The van der Waals surface area contributed by atoms with Gasteiger partial charge < -0.3 is 5.32 Å². The van der Waals surface area contributed by atoms with E-state index in [1.165, 1.54) is 16.2 Å². The Kier molecular flexibility index (Phi) is 4.56. The van der Waals surface area contributed by atoms with Crippen LogP contribution in [0.2, 0.25) is 10.0 Å². The van der Waals surface area contributed by atoms with Crippen LogP contribution < -0.4 is 10.2 Å². The Morgan fingerprint density at radius 1 is 1.15 bits per heavy atom. The number of nitrogens with one attached hydrogen (secondary N) is 1. The highest BCUT2D eigenvalue weighted by Crippen LogP contribution is 2.31. The zero-order valence-electron chi connectivity index (χ0n) is 13.4. The Bertz CT molecular complexity index is 1000. The summed E-state index contributed by atoms with van der Waals surface area (Å²) in [5, 5.41) is 4.49. The van der Waals surface area contributed by atoms with Gasteiger partial charge in [0, 0.05) is 22.2 Å². The molecule has 132 valence electrons. The van der Waals surface area contributed by atoms with Crippen molar-refractivity contribution in [2.24, 2.45) is 0 Å². The Morgan fingerprint density at radius 3 is 2.65 bits per heavy atom. The SMILES string of the molecule is O=C(Nc1nc2cc(Cl)ccc2s1)C1CCC(=O)N1c1ccc(Cl)cc1. The molecule has 2 aromatic carbocycles. The maximum Gasteiger partial charge on any atom is 0.249 e. The predicted octanol–water partition coefficient (Wildman–Crippen LogP) is 4.74. The topological polar surface area (TPSA) is 62.3 Å². The molecule has 1 N–H and O–H groups in total. The summed E-state index contributed by atoms with van der Waals surface area (Å²) < 4.78 is 0.932. The van der Waals surface area contributed by atoms with E-state index >= 15 is 0 Å². The number of hydrogen-bond donors (Lipinski definition) is 1. The Morgan fingerprint density at radius 2 is 1.88 bits per heavy atom. The monoisotopic (exact) mass is 405 g/mol. The number of amides is 2. The van der Waals surface area contributed by atoms with Gasteiger partial charge in [-0.2, -0.15) is 0 Å². The van der Waals surface area contributed by atoms with E-state index < -0.39 is 6.04 Å². The minimum absolute atomic E-state index is 0.0800. The zero-order valence-corrected chi connectivity index (χ0v) is 15.7. The normalized spacial score (nSPS) is 17.1. The average Bonchev–Trinajstić information content (AvgIpc) is 3.18. The van der Waals surface area contributed by atoms with Crippen molar-refractivity contribution >= 4 is 67.4 Å². The van der Waals surface area contributed by atoms with Crippen LogP contribution in [0, 0.1) is 0 Å². The van der Waals surface area contributed by atoms with Crippen LogP contribution in [0.1, 0.15) is 12.8 Å². The van der Waals surface area contributed by atoms with Gasteiger partial charge in [0.1, 0.15) is 6.04 Å². The summed E-state index contributed by atoms with van der Waals surface area (Å²) in [7, 11) is 0. The van der Waals surface area contributed by atoms with Crippen LogP contribution >= 0.6 is 34.5 Å². The number of aromatic nitrogens is 1. The number of halogens is 2. The fraction of sp³-hybridized carbons (Fsp3) is 0.167. The third-order valence-corrected chi connectivity index (χ3v) is 5.64. The van der Waals surface area contributed by atoms with Gasteiger partial charge in [0.2, 0.25) is 11.8 Å². The van der Waals surface area contributed by atoms with Crippen LogP contribution in [0.5, 0.6) is 0 Å². The van der Waals surface area contributed by atoms with Crippen LogP contribution in [-0.2, 0) is 9.59 Å². The van der Waals surface area contributed by atoms with Crippen molar-refractivity contribution in [2.45, 2.75) is 18.9 Å². The summed E-state index contributed by atoms with van der Waals surface area (Å²) >= 11 is 13.3. The number of thiazole rings is 1. The highest BCUT2D eigenvalue weighted by Gasteiger charge is 2.37. The Balaban J connectivity index is 1.57. The summed E-state index contributed by atoms with van der Waals surface area (Å²) in [6.45, 7) is 0. The minimum Gasteiger partial charge on any atom is -0.300 e. The fourth-order valence-corrected chi connectivity index (χ4v) is 4.14. The number of fused-ring (bicyclic) bond motifs is 1. The average molecular weight is 406 g/mol. The van der Waals surface area contributed by atoms with Crippen LogP contribution in [0.4, 0.5) is 10.8 Å². The van der Waals surface area contributed by atoms with E-state index in [1.807, 2.05) is 6.07 Å². The van der Waals surface area contributed by atoms with Crippen molar-refractivity contribution in [2.75, 3.05) is 10.2 Å². The van der Waals surface area contributed by atoms with Gasteiger partial charge in [-0.05, 0) is 48.9 Å². The number of rotatable bonds is 3. The lowest BCUT2D eigenvalue weighted by Gasteiger charge is -2.23. The van der Waals surface area contributed by atoms with Crippen LogP contribution in [0.25, 0.3) is 10.2 Å². The minimum atomic E-state index is -0.570. The van der Waals surface area contributed by atoms with Gasteiger partial charge >= 0.3 is 0 Å². The van der Waals surface area contributed by atoms with Gasteiger partial charge in [0.05, 0.1) is 10.2 Å². The lowest BCUT2D eigenvalue weighted by molar-refractivity contribution is -0.120. The lowest BCUT2D eigenvalue weighted by atomic mass is 10.2. The lowest BCUT2D eigenvalue weighted by Crippen LogP contribution is -2.41. The molecule has 1 aromatic heterocycles. The molecular weight excluding hydrogens is 393 g/mol. The molecule has 3 aromatic rings. The quantitative estimate of drug-likeness (QED) is 0.684. The van der Waals surface area contributed by atoms with E-state index in [1.54, 1.807) is 36.4 Å². The smallest absolute Gasteiger partial charge is 0.249 e. The number of hydrogen-bond acceptors (Lipinski definition) is 4. The molecule has 0 spiro atoms. The third kappa shape index (κ3) is 3.28. The summed E-state index contributed by atoms with van der Waals surface area (Å²) in [6.07, 6.45) is 0.792. The molecule has 5 nitrogen and oxygen atoms in total. The standard InChI is InChI=1S/C18H13Cl2N3O2S/c19-10-1-4-12(5-2-10)23-14(6-8-16(23)24)17(25)22-18-21-13-9-11(20)3-7-15(13)26-18/h1-5,7,9,14H,6,8H2,(H,21,22,25). The maximum absolute atomic E-state index is 12.8. The number of carbonyl (C=O) groups excluding carboxylic acids is 2. The molecule has 1 atom stereocenters. The van der Waals surface area contributed by atoms with E-state index in [0.717, 1.165) is 10.2 Å². The molecule has 8 heteroatoms.